The van der Waals surface area contributed by atoms with Gasteiger partial charge in [-0.3, -0.25) is 0 Å². The molecule has 1 rings (SSSR count). The fraction of sp³-hybridized carbons (Fsp3) is 0.500. The van der Waals surface area contributed by atoms with Crippen molar-refractivity contribution in [2.24, 2.45) is 0 Å². The van der Waals surface area contributed by atoms with E-state index in [1.165, 1.54) is 0 Å². The van der Waals surface area contributed by atoms with E-state index in [0.29, 0.717) is 5.75 Å². The molecule has 1 aromatic rings. The molecule has 0 saturated carbocycles. The maximum absolute atomic E-state index is 9.08. The highest BCUT2D eigenvalue weighted by atomic mass is 16.7. The second-order valence-electron chi connectivity index (χ2n) is 3.40. The molecule has 1 aromatic carbocycles. The Morgan fingerprint density at radius 1 is 1.27 bits per heavy atom. The molecule has 0 spiro atoms. The van der Waals surface area contributed by atoms with Crippen molar-refractivity contribution < 1.29 is 14.6 Å². The zero-order valence-corrected chi connectivity index (χ0v) is 9.27. The summed E-state index contributed by atoms with van der Waals surface area (Å²) in [4.78, 5) is 0. The predicted molar refractivity (Wildman–Crippen MR) is 59.1 cm³/mol. The fourth-order valence-corrected chi connectivity index (χ4v) is 1.14. The molecule has 0 aromatic heterocycles. The lowest BCUT2D eigenvalue weighted by molar-refractivity contribution is -0.0673. The van der Waals surface area contributed by atoms with Crippen LogP contribution in [0.3, 0.4) is 0 Å². The van der Waals surface area contributed by atoms with E-state index in [-0.39, 0.29) is 12.0 Å². The van der Waals surface area contributed by atoms with E-state index in [2.05, 4.69) is 6.92 Å². The van der Waals surface area contributed by atoms with Gasteiger partial charge in [0, 0.05) is 0 Å². The lowest BCUT2D eigenvalue weighted by atomic mass is 10.3. The summed E-state index contributed by atoms with van der Waals surface area (Å²) < 4.78 is 10.9. The molecule has 1 unspecified atom stereocenters. The molecule has 0 fully saturated rings. The van der Waals surface area contributed by atoms with Crippen molar-refractivity contribution in [2.75, 3.05) is 6.61 Å². The van der Waals surface area contributed by atoms with Crippen molar-refractivity contribution in [1.29, 1.82) is 0 Å². The molecule has 0 heterocycles. The van der Waals surface area contributed by atoms with Crippen molar-refractivity contribution in [3.8, 4) is 11.5 Å². The summed E-state index contributed by atoms with van der Waals surface area (Å²) in [6.07, 6.45) is 1.91. The van der Waals surface area contributed by atoms with E-state index in [4.69, 9.17) is 14.6 Å². The van der Waals surface area contributed by atoms with Crippen LogP contribution in [0.4, 0.5) is 0 Å². The summed E-state index contributed by atoms with van der Waals surface area (Å²) in [6, 6.07) is 6.62. The Morgan fingerprint density at radius 3 is 2.53 bits per heavy atom. The summed E-state index contributed by atoms with van der Waals surface area (Å²) in [5, 5.41) is 9.08. The Bertz CT molecular complexity index is 269. The van der Waals surface area contributed by atoms with E-state index in [0.717, 1.165) is 19.4 Å². The lowest BCUT2D eigenvalue weighted by Crippen LogP contribution is -2.16. The van der Waals surface area contributed by atoms with Gasteiger partial charge in [0.05, 0.1) is 6.61 Å². The van der Waals surface area contributed by atoms with E-state index in [1.807, 2.05) is 6.92 Å². The van der Waals surface area contributed by atoms with Crippen LogP contribution in [0.1, 0.15) is 26.7 Å². The molecule has 0 aliphatic carbocycles. The van der Waals surface area contributed by atoms with Crippen LogP contribution in [0.15, 0.2) is 24.3 Å². The molecule has 0 amide bonds. The molecule has 0 saturated heterocycles. The normalized spacial score (nSPS) is 12.4. The number of hydrogen-bond donors (Lipinski definition) is 1. The zero-order valence-electron chi connectivity index (χ0n) is 9.27. The van der Waals surface area contributed by atoms with E-state index < -0.39 is 0 Å². The average Bonchev–Trinajstić information content (AvgIpc) is 2.22. The molecule has 15 heavy (non-hydrogen) atoms. The number of aromatic hydroxyl groups is 1. The zero-order chi connectivity index (χ0) is 11.1. The smallest absolute Gasteiger partial charge is 0.196 e. The molecule has 1 N–H and O–H groups in total. The first-order valence-electron chi connectivity index (χ1n) is 5.29. The monoisotopic (exact) mass is 210 g/mol. The van der Waals surface area contributed by atoms with Gasteiger partial charge in [0.1, 0.15) is 11.5 Å². The summed E-state index contributed by atoms with van der Waals surface area (Å²) in [5.74, 6) is 0.943. The molecule has 3 nitrogen and oxygen atoms in total. The van der Waals surface area contributed by atoms with Gasteiger partial charge in [-0.2, -0.15) is 0 Å². The van der Waals surface area contributed by atoms with Gasteiger partial charge in [0.15, 0.2) is 6.29 Å². The Morgan fingerprint density at radius 2 is 1.93 bits per heavy atom. The number of phenolic OH excluding ortho intramolecular Hbond substituents is 1. The quantitative estimate of drug-likeness (QED) is 0.579. The molecule has 84 valence electrons. The van der Waals surface area contributed by atoms with Crippen molar-refractivity contribution in [2.45, 2.75) is 33.0 Å². The number of hydrogen-bond acceptors (Lipinski definition) is 3. The second-order valence-corrected chi connectivity index (χ2v) is 3.40. The topological polar surface area (TPSA) is 38.7 Å². The van der Waals surface area contributed by atoms with Gasteiger partial charge in [-0.15, -0.1) is 0 Å². The number of phenols is 1. The van der Waals surface area contributed by atoms with Crippen LogP contribution in [0, 0.1) is 0 Å². The Kier molecular flexibility index (Phi) is 4.98. The van der Waals surface area contributed by atoms with Crippen LogP contribution < -0.4 is 4.74 Å². The van der Waals surface area contributed by atoms with Crippen LogP contribution in [-0.4, -0.2) is 18.0 Å². The first-order chi connectivity index (χ1) is 7.22. The van der Waals surface area contributed by atoms with Crippen molar-refractivity contribution in [3.63, 3.8) is 0 Å². The number of rotatable bonds is 6. The molecular weight excluding hydrogens is 192 g/mol. The third kappa shape index (κ3) is 4.70. The molecule has 0 radical (unpaired) electrons. The Balaban J connectivity index is 2.31. The molecule has 1 atom stereocenters. The van der Waals surface area contributed by atoms with Crippen LogP contribution in [0.2, 0.25) is 0 Å². The van der Waals surface area contributed by atoms with Gasteiger partial charge in [-0.25, -0.2) is 0 Å². The highest BCUT2D eigenvalue weighted by Crippen LogP contribution is 2.17. The first-order valence-corrected chi connectivity index (χ1v) is 5.29. The largest absolute Gasteiger partial charge is 0.508 e. The van der Waals surface area contributed by atoms with Crippen molar-refractivity contribution in [3.05, 3.63) is 24.3 Å². The third-order valence-corrected chi connectivity index (χ3v) is 1.99. The highest BCUT2D eigenvalue weighted by molar-refractivity contribution is 5.30. The average molecular weight is 210 g/mol. The Labute approximate surface area is 90.6 Å². The predicted octanol–water partition coefficient (Wildman–Crippen LogP) is 2.93. The van der Waals surface area contributed by atoms with Crippen LogP contribution >= 0.6 is 0 Å². The van der Waals surface area contributed by atoms with Gasteiger partial charge < -0.3 is 14.6 Å². The number of benzene rings is 1. The third-order valence-electron chi connectivity index (χ3n) is 1.99. The maximum atomic E-state index is 9.08. The highest BCUT2D eigenvalue weighted by Gasteiger charge is 2.03. The SMILES string of the molecule is CCCCOC(C)Oc1ccc(O)cc1. The molecular formula is C12H18O3. The molecule has 3 heteroatoms. The standard InChI is InChI=1S/C12H18O3/c1-3-4-9-14-10(2)15-12-7-5-11(13)6-8-12/h5-8,10,13H,3-4,9H2,1-2H3. The maximum Gasteiger partial charge on any atom is 0.196 e. The molecule has 0 aliphatic heterocycles. The summed E-state index contributed by atoms with van der Waals surface area (Å²) in [7, 11) is 0. The second kappa shape index (κ2) is 6.30. The van der Waals surface area contributed by atoms with Crippen molar-refractivity contribution in [1.82, 2.24) is 0 Å². The first kappa shape index (κ1) is 11.9. The van der Waals surface area contributed by atoms with Crippen LogP contribution in [0.25, 0.3) is 0 Å². The van der Waals surface area contributed by atoms with E-state index >= 15 is 0 Å². The van der Waals surface area contributed by atoms with Gasteiger partial charge in [-0.05, 0) is 37.6 Å². The minimum Gasteiger partial charge on any atom is -0.508 e. The number of unbranched alkanes of at least 4 members (excludes halogenated alkanes) is 1. The minimum atomic E-state index is -0.249. The molecule has 0 bridgehead atoms. The minimum absolute atomic E-state index is 0.238. The van der Waals surface area contributed by atoms with Gasteiger partial charge >= 0.3 is 0 Å². The van der Waals surface area contributed by atoms with Crippen molar-refractivity contribution >= 4 is 0 Å². The van der Waals surface area contributed by atoms with E-state index in [1.54, 1.807) is 24.3 Å². The fourth-order valence-electron chi connectivity index (χ4n) is 1.14. The van der Waals surface area contributed by atoms with Crippen LogP contribution in [-0.2, 0) is 4.74 Å². The molecule has 0 aliphatic rings. The van der Waals surface area contributed by atoms with Crippen LogP contribution in [0.5, 0.6) is 11.5 Å². The van der Waals surface area contributed by atoms with Gasteiger partial charge in [0.25, 0.3) is 0 Å². The van der Waals surface area contributed by atoms with Gasteiger partial charge in [0.2, 0.25) is 0 Å². The summed E-state index contributed by atoms with van der Waals surface area (Å²) in [6.45, 7) is 4.70. The summed E-state index contributed by atoms with van der Waals surface area (Å²) >= 11 is 0. The Hall–Kier alpha value is -1.22. The lowest BCUT2D eigenvalue weighted by Gasteiger charge is -2.15. The summed E-state index contributed by atoms with van der Waals surface area (Å²) in [5.41, 5.74) is 0. The van der Waals surface area contributed by atoms with Gasteiger partial charge in [-0.1, -0.05) is 13.3 Å². The van der Waals surface area contributed by atoms with E-state index in [9.17, 15) is 0 Å². The number of ether oxygens (including phenoxy) is 2.